The first-order valence-corrected chi connectivity index (χ1v) is 13.1. The number of amides is 1. The number of aliphatic hydroxyl groups is 1. The molecule has 0 saturated carbocycles. The highest BCUT2D eigenvalue weighted by Crippen LogP contribution is 2.18. The molecular formula is C27H36N4O5S. The lowest BCUT2D eigenvalue weighted by Gasteiger charge is -2.31. The van der Waals surface area contributed by atoms with Crippen LogP contribution in [0.2, 0.25) is 0 Å². The average Bonchev–Trinajstić information content (AvgIpc) is 3.28. The first kappa shape index (κ1) is 28.4. The SMILES string of the molecule is Cc1nc(COc2ccc(C[C@H](NC(=O)O)[C@H](O)CN(Cc3ccc(NO)cc3)CC(C)C)cc2)cs1. The van der Waals surface area contributed by atoms with Crippen LogP contribution in [0.25, 0.3) is 0 Å². The van der Waals surface area contributed by atoms with E-state index in [0.29, 0.717) is 43.5 Å². The van der Waals surface area contributed by atoms with Gasteiger partial charge < -0.3 is 20.3 Å². The smallest absolute Gasteiger partial charge is 0.404 e. The van der Waals surface area contributed by atoms with Crippen molar-refractivity contribution in [3.63, 3.8) is 0 Å². The zero-order chi connectivity index (χ0) is 26.8. The van der Waals surface area contributed by atoms with E-state index in [1.807, 2.05) is 48.7 Å². The van der Waals surface area contributed by atoms with Gasteiger partial charge in [-0.25, -0.2) is 9.78 Å². The van der Waals surface area contributed by atoms with Crippen LogP contribution in [0.4, 0.5) is 10.5 Å². The molecule has 0 saturated heterocycles. The molecule has 0 fully saturated rings. The molecule has 3 rings (SSSR count). The number of anilines is 1. The molecule has 0 aliphatic heterocycles. The molecular weight excluding hydrogens is 492 g/mol. The van der Waals surface area contributed by atoms with Gasteiger partial charge in [0.05, 0.1) is 28.5 Å². The molecule has 0 aliphatic carbocycles. The lowest BCUT2D eigenvalue weighted by molar-refractivity contribution is 0.0698. The minimum atomic E-state index is -1.18. The van der Waals surface area contributed by atoms with Crippen LogP contribution < -0.4 is 15.5 Å². The van der Waals surface area contributed by atoms with Crippen molar-refractivity contribution >= 4 is 23.1 Å². The fourth-order valence-electron chi connectivity index (χ4n) is 4.10. The summed E-state index contributed by atoms with van der Waals surface area (Å²) in [6, 6.07) is 14.1. The molecule has 0 aliphatic rings. The summed E-state index contributed by atoms with van der Waals surface area (Å²) < 4.78 is 5.80. The average molecular weight is 529 g/mol. The molecule has 10 heteroatoms. The summed E-state index contributed by atoms with van der Waals surface area (Å²) in [7, 11) is 0. The number of benzene rings is 2. The fraction of sp³-hybridized carbons (Fsp3) is 0.407. The van der Waals surface area contributed by atoms with E-state index in [4.69, 9.17) is 9.94 Å². The van der Waals surface area contributed by atoms with E-state index in [2.05, 4.69) is 34.5 Å². The van der Waals surface area contributed by atoms with Gasteiger partial charge in [0.25, 0.3) is 0 Å². The Morgan fingerprint density at radius 3 is 2.32 bits per heavy atom. The standard InChI is InChI=1S/C27H36N4O5S/c1-18(2)13-31(14-21-4-8-22(30-35)9-5-21)15-26(32)25(29-27(33)34)12-20-6-10-24(11-7-20)36-16-23-17-37-19(3)28-23/h4-11,17-18,25-26,29-30,32,35H,12-16H2,1-3H3,(H,33,34)/t25-,26+/m0/s1. The Labute approximate surface area is 221 Å². The molecule has 0 bridgehead atoms. The van der Waals surface area contributed by atoms with Crippen LogP contribution in [0.3, 0.4) is 0 Å². The van der Waals surface area contributed by atoms with Gasteiger partial charge in [-0.05, 0) is 54.7 Å². The van der Waals surface area contributed by atoms with Crippen LogP contribution in [0.5, 0.6) is 5.75 Å². The minimum Gasteiger partial charge on any atom is -0.487 e. The number of nitrogens with one attached hydrogen (secondary N) is 2. The van der Waals surface area contributed by atoms with Gasteiger partial charge in [-0.3, -0.25) is 15.6 Å². The van der Waals surface area contributed by atoms with Gasteiger partial charge in [-0.1, -0.05) is 38.1 Å². The molecule has 0 spiro atoms. The molecule has 1 aromatic heterocycles. The van der Waals surface area contributed by atoms with Gasteiger partial charge in [-0.15, -0.1) is 11.3 Å². The Balaban J connectivity index is 1.63. The molecule has 0 radical (unpaired) electrons. The summed E-state index contributed by atoms with van der Waals surface area (Å²) in [6.45, 7) is 8.17. The third-order valence-corrected chi connectivity index (χ3v) is 6.59. The Bertz CT molecular complexity index is 1100. The third kappa shape index (κ3) is 9.66. The summed E-state index contributed by atoms with van der Waals surface area (Å²) >= 11 is 1.58. The molecule has 5 N–H and O–H groups in total. The summed E-state index contributed by atoms with van der Waals surface area (Å²) in [4.78, 5) is 18.0. The molecule has 2 atom stereocenters. The number of ether oxygens (including phenoxy) is 1. The molecule has 3 aromatic rings. The van der Waals surface area contributed by atoms with Gasteiger partial charge >= 0.3 is 6.09 Å². The van der Waals surface area contributed by atoms with Gasteiger partial charge in [0.1, 0.15) is 12.4 Å². The molecule has 1 amide bonds. The van der Waals surface area contributed by atoms with Crippen molar-refractivity contribution in [2.45, 2.75) is 52.5 Å². The molecule has 200 valence electrons. The molecule has 0 unspecified atom stereocenters. The first-order chi connectivity index (χ1) is 17.7. The van der Waals surface area contributed by atoms with E-state index in [9.17, 15) is 15.0 Å². The second kappa shape index (κ2) is 13.9. The van der Waals surface area contributed by atoms with Crippen molar-refractivity contribution in [3.8, 4) is 5.75 Å². The number of carboxylic acid groups (broad SMARTS) is 1. The zero-order valence-corrected chi connectivity index (χ0v) is 22.2. The monoisotopic (exact) mass is 528 g/mol. The van der Waals surface area contributed by atoms with Crippen molar-refractivity contribution < 1.29 is 25.0 Å². The largest absolute Gasteiger partial charge is 0.487 e. The van der Waals surface area contributed by atoms with Crippen LogP contribution in [-0.2, 0) is 19.6 Å². The summed E-state index contributed by atoms with van der Waals surface area (Å²) in [5.41, 5.74) is 5.51. The number of nitrogens with zero attached hydrogens (tertiary/aromatic N) is 2. The number of thiazole rings is 1. The van der Waals surface area contributed by atoms with Crippen molar-refractivity contribution in [2.24, 2.45) is 5.92 Å². The minimum absolute atomic E-state index is 0.303. The van der Waals surface area contributed by atoms with Crippen molar-refractivity contribution in [1.82, 2.24) is 15.2 Å². The Kier molecular flexibility index (Phi) is 10.7. The van der Waals surface area contributed by atoms with Gasteiger partial charge in [0.15, 0.2) is 0 Å². The highest BCUT2D eigenvalue weighted by molar-refractivity contribution is 7.09. The second-order valence-corrected chi connectivity index (χ2v) is 10.6. The van der Waals surface area contributed by atoms with Crippen molar-refractivity contribution in [2.75, 3.05) is 18.6 Å². The maximum absolute atomic E-state index is 11.5. The Morgan fingerprint density at radius 1 is 1.08 bits per heavy atom. The second-order valence-electron chi connectivity index (χ2n) is 9.51. The number of aromatic nitrogens is 1. The van der Waals surface area contributed by atoms with E-state index >= 15 is 0 Å². The number of aryl methyl sites for hydroxylation is 1. The van der Waals surface area contributed by atoms with Crippen LogP contribution in [-0.4, -0.2) is 56.6 Å². The van der Waals surface area contributed by atoms with Crippen LogP contribution in [0.1, 0.15) is 35.7 Å². The number of hydrogen-bond acceptors (Lipinski definition) is 8. The lowest BCUT2D eigenvalue weighted by Crippen LogP contribution is -2.49. The summed E-state index contributed by atoms with van der Waals surface area (Å²) in [5, 5.41) is 35.0. The number of rotatable bonds is 14. The van der Waals surface area contributed by atoms with Crippen LogP contribution in [0, 0.1) is 12.8 Å². The van der Waals surface area contributed by atoms with E-state index in [1.165, 1.54) is 0 Å². The quantitative estimate of drug-likeness (QED) is 0.193. The topological polar surface area (TPSA) is 127 Å². The lowest BCUT2D eigenvalue weighted by atomic mass is 10.00. The van der Waals surface area contributed by atoms with E-state index < -0.39 is 18.2 Å². The van der Waals surface area contributed by atoms with Gasteiger partial charge in [0, 0.05) is 25.0 Å². The molecule has 1 heterocycles. The van der Waals surface area contributed by atoms with Crippen molar-refractivity contribution in [1.29, 1.82) is 0 Å². The Morgan fingerprint density at radius 2 is 1.76 bits per heavy atom. The normalized spacial score (nSPS) is 12.9. The van der Waals surface area contributed by atoms with Gasteiger partial charge in [-0.2, -0.15) is 0 Å². The fourth-order valence-corrected chi connectivity index (χ4v) is 4.70. The van der Waals surface area contributed by atoms with Crippen molar-refractivity contribution in [3.05, 3.63) is 75.7 Å². The predicted molar refractivity (Wildman–Crippen MR) is 144 cm³/mol. The first-order valence-electron chi connectivity index (χ1n) is 12.2. The Hall–Kier alpha value is -3.18. The van der Waals surface area contributed by atoms with E-state index in [0.717, 1.165) is 28.4 Å². The molecule has 9 nitrogen and oxygen atoms in total. The molecule has 2 aromatic carbocycles. The highest BCUT2D eigenvalue weighted by Gasteiger charge is 2.24. The van der Waals surface area contributed by atoms with Crippen LogP contribution in [0.15, 0.2) is 53.9 Å². The number of aliphatic hydroxyl groups excluding tert-OH is 1. The summed E-state index contributed by atoms with van der Waals surface area (Å²) in [6.07, 6.45) is -1.76. The number of hydrogen-bond donors (Lipinski definition) is 5. The maximum atomic E-state index is 11.5. The summed E-state index contributed by atoms with van der Waals surface area (Å²) in [5.74, 6) is 1.06. The zero-order valence-electron chi connectivity index (χ0n) is 21.4. The number of carbonyl (C=O) groups is 1. The van der Waals surface area contributed by atoms with E-state index in [1.54, 1.807) is 23.5 Å². The molecule has 37 heavy (non-hydrogen) atoms. The van der Waals surface area contributed by atoms with E-state index in [-0.39, 0.29) is 0 Å². The predicted octanol–water partition coefficient (Wildman–Crippen LogP) is 4.53. The maximum Gasteiger partial charge on any atom is 0.404 e. The highest BCUT2D eigenvalue weighted by atomic mass is 32.1. The third-order valence-electron chi connectivity index (χ3n) is 5.76. The van der Waals surface area contributed by atoms with Crippen LogP contribution >= 0.6 is 11.3 Å². The van der Waals surface area contributed by atoms with Gasteiger partial charge in [0.2, 0.25) is 0 Å².